The van der Waals surface area contributed by atoms with Gasteiger partial charge in [-0.05, 0) is 6.07 Å². The second-order valence-corrected chi connectivity index (χ2v) is 3.89. The van der Waals surface area contributed by atoms with Gasteiger partial charge in [-0.1, -0.05) is 34.1 Å². The lowest BCUT2D eigenvalue weighted by Crippen LogP contribution is -1.98. The number of halogens is 1. The molecule has 0 saturated heterocycles. The van der Waals surface area contributed by atoms with E-state index in [9.17, 15) is 0 Å². The van der Waals surface area contributed by atoms with Crippen LogP contribution in [0.15, 0.2) is 34.9 Å². The molecule has 2 rings (SSSR count). The molecule has 4 heteroatoms. The molecule has 14 heavy (non-hydrogen) atoms. The monoisotopic (exact) mass is 251 g/mol. The van der Waals surface area contributed by atoms with Crippen molar-refractivity contribution < 1.29 is 0 Å². The largest absolute Gasteiger partial charge is 0.369 e. The van der Waals surface area contributed by atoms with Crippen LogP contribution in [-0.4, -0.2) is 9.55 Å². The smallest absolute Gasteiger partial charge is 0.200 e. The van der Waals surface area contributed by atoms with E-state index in [2.05, 4.69) is 20.9 Å². The fraction of sp³-hybridized carbons (Fsp3) is 0.100. The molecule has 1 heterocycles. The summed E-state index contributed by atoms with van der Waals surface area (Å²) in [5.74, 6) is 0.524. The molecule has 2 aromatic rings. The number of nitrogens with two attached hydrogens (primary N) is 1. The number of imidazole rings is 1. The number of aromatic nitrogens is 2. The summed E-state index contributed by atoms with van der Waals surface area (Å²) in [6.45, 7) is 0. The van der Waals surface area contributed by atoms with Gasteiger partial charge in [0.15, 0.2) is 5.95 Å². The Kier molecular flexibility index (Phi) is 2.29. The number of nitrogen functional groups attached to an aromatic ring is 1. The summed E-state index contributed by atoms with van der Waals surface area (Å²) in [6.07, 6.45) is 1.77. The van der Waals surface area contributed by atoms with Crippen LogP contribution in [0.2, 0.25) is 0 Å². The first kappa shape index (κ1) is 9.27. The lowest BCUT2D eigenvalue weighted by molar-refractivity contribution is 0.937. The molecule has 0 atom stereocenters. The number of anilines is 1. The van der Waals surface area contributed by atoms with E-state index in [1.807, 2.05) is 35.9 Å². The third-order valence-corrected chi connectivity index (χ3v) is 2.87. The maximum atomic E-state index is 5.66. The average Bonchev–Trinajstić information content (AvgIpc) is 2.49. The summed E-state index contributed by atoms with van der Waals surface area (Å²) < 4.78 is 2.91. The Morgan fingerprint density at radius 1 is 1.36 bits per heavy atom. The van der Waals surface area contributed by atoms with Crippen LogP contribution in [0.1, 0.15) is 0 Å². The summed E-state index contributed by atoms with van der Waals surface area (Å²) in [7, 11) is 1.90. The summed E-state index contributed by atoms with van der Waals surface area (Å²) in [5, 5.41) is 0. The molecule has 0 fully saturated rings. The lowest BCUT2D eigenvalue weighted by atomic mass is 10.2. The number of hydrogen-bond acceptors (Lipinski definition) is 2. The summed E-state index contributed by atoms with van der Waals surface area (Å²) in [5.41, 5.74) is 7.77. The van der Waals surface area contributed by atoms with Crippen LogP contribution in [0.3, 0.4) is 0 Å². The van der Waals surface area contributed by atoms with Gasteiger partial charge in [-0.2, -0.15) is 0 Å². The third kappa shape index (κ3) is 1.42. The molecule has 0 aliphatic heterocycles. The molecule has 0 spiro atoms. The minimum absolute atomic E-state index is 0.524. The zero-order valence-corrected chi connectivity index (χ0v) is 9.32. The molecule has 1 aromatic carbocycles. The zero-order chi connectivity index (χ0) is 10.1. The second-order valence-electron chi connectivity index (χ2n) is 3.04. The van der Waals surface area contributed by atoms with E-state index in [4.69, 9.17) is 5.73 Å². The van der Waals surface area contributed by atoms with E-state index in [1.54, 1.807) is 6.20 Å². The summed E-state index contributed by atoms with van der Waals surface area (Å²) in [6, 6.07) is 8.00. The van der Waals surface area contributed by atoms with Gasteiger partial charge >= 0.3 is 0 Å². The molecule has 0 radical (unpaired) electrons. The Labute approximate surface area is 90.7 Å². The van der Waals surface area contributed by atoms with Crippen LogP contribution in [0.5, 0.6) is 0 Å². The molecule has 0 amide bonds. The topological polar surface area (TPSA) is 43.8 Å². The van der Waals surface area contributed by atoms with Gasteiger partial charge in [0.2, 0.25) is 0 Å². The van der Waals surface area contributed by atoms with Crippen molar-refractivity contribution in [3.8, 4) is 11.3 Å². The van der Waals surface area contributed by atoms with Gasteiger partial charge in [-0.15, -0.1) is 0 Å². The second kappa shape index (κ2) is 3.46. The average molecular weight is 252 g/mol. The quantitative estimate of drug-likeness (QED) is 0.847. The Morgan fingerprint density at radius 3 is 2.64 bits per heavy atom. The van der Waals surface area contributed by atoms with Crippen molar-refractivity contribution >= 4 is 21.9 Å². The zero-order valence-electron chi connectivity index (χ0n) is 7.74. The molecule has 0 aliphatic rings. The van der Waals surface area contributed by atoms with Crippen LogP contribution in [0.25, 0.3) is 11.3 Å². The van der Waals surface area contributed by atoms with Crippen molar-refractivity contribution in [2.45, 2.75) is 0 Å². The highest BCUT2D eigenvalue weighted by Crippen LogP contribution is 2.28. The normalized spacial score (nSPS) is 10.4. The Hall–Kier alpha value is -1.29. The first-order chi connectivity index (χ1) is 6.70. The molecule has 2 N–H and O–H groups in total. The van der Waals surface area contributed by atoms with Crippen LogP contribution in [0, 0.1) is 0 Å². The SMILES string of the molecule is Cn1c(-c2ccccc2Br)cnc1N. The van der Waals surface area contributed by atoms with Crippen molar-refractivity contribution in [1.29, 1.82) is 0 Å². The molecule has 0 bridgehead atoms. The Bertz CT molecular complexity index is 462. The predicted octanol–water partition coefficient (Wildman–Crippen LogP) is 2.43. The summed E-state index contributed by atoms with van der Waals surface area (Å²) in [4.78, 5) is 4.05. The van der Waals surface area contributed by atoms with Gasteiger partial charge in [0.25, 0.3) is 0 Å². The van der Waals surface area contributed by atoms with E-state index < -0.39 is 0 Å². The Morgan fingerprint density at radius 2 is 2.07 bits per heavy atom. The number of nitrogens with zero attached hydrogens (tertiary/aromatic N) is 2. The maximum absolute atomic E-state index is 5.66. The van der Waals surface area contributed by atoms with Gasteiger partial charge in [-0.25, -0.2) is 4.98 Å². The minimum atomic E-state index is 0.524. The maximum Gasteiger partial charge on any atom is 0.200 e. The van der Waals surface area contributed by atoms with Crippen LogP contribution in [0.4, 0.5) is 5.95 Å². The highest BCUT2D eigenvalue weighted by Gasteiger charge is 2.07. The molecule has 1 aromatic heterocycles. The van der Waals surface area contributed by atoms with Gasteiger partial charge < -0.3 is 10.3 Å². The van der Waals surface area contributed by atoms with Crippen molar-refractivity contribution in [2.24, 2.45) is 7.05 Å². The number of rotatable bonds is 1. The molecule has 0 unspecified atom stereocenters. The fourth-order valence-corrected chi connectivity index (χ4v) is 1.83. The van der Waals surface area contributed by atoms with E-state index in [1.165, 1.54) is 0 Å². The molecular weight excluding hydrogens is 242 g/mol. The van der Waals surface area contributed by atoms with Crippen molar-refractivity contribution in [2.75, 3.05) is 5.73 Å². The summed E-state index contributed by atoms with van der Waals surface area (Å²) >= 11 is 3.49. The third-order valence-electron chi connectivity index (χ3n) is 2.17. The first-order valence-electron chi connectivity index (χ1n) is 4.22. The highest BCUT2D eigenvalue weighted by molar-refractivity contribution is 9.10. The Balaban J connectivity index is 2.60. The molecule has 0 saturated carbocycles. The molecule has 72 valence electrons. The minimum Gasteiger partial charge on any atom is -0.369 e. The lowest BCUT2D eigenvalue weighted by Gasteiger charge is -2.05. The molecule has 3 nitrogen and oxygen atoms in total. The molecular formula is C10H10BrN3. The van der Waals surface area contributed by atoms with Crippen LogP contribution in [-0.2, 0) is 7.05 Å². The standard InChI is InChI=1S/C10H10BrN3/c1-14-9(6-13-10(14)12)7-4-2-3-5-8(7)11/h2-6H,1H3,(H2,12,13). The van der Waals surface area contributed by atoms with E-state index in [0.29, 0.717) is 5.95 Å². The van der Waals surface area contributed by atoms with E-state index >= 15 is 0 Å². The number of benzene rings is 1. The van der Waals surface area contributed by atoms with Crippen molar-refractivity contribution in [3.63, 3.8) is 0 Å². The van der Waals surface area contributed by atoms with Crippen LogP contribution < -0.4 is 5.73 Å². The van der Waals surface area contributed by atoms with Gasteiger partial charge in [0, 0.05) is 17.1 Å². The van der Waals surface area contributed by atoms with Gasteiger partial charge in [0.05, 0.1) is 11.9 Å². The van der Waals surface area contributed by atoms with E-state index in [0.717, 1.165) is 15.7 Å². The van der Waals surface area contributed by atoms with Crippen LogP contribution >= 0.6 is 15.9 Å². The van der Waals surface area contributed by atoms with E-state index in [-0.39, 0.29) is 0 Å². The van der Waals surface area contributed by atoms with Gasteiger partial charge in [0.1, 0.15) is 0 Å². The number of hydrogen-bond donors (Lipinski definition) is 1. The predicted molar refractivity (Wildman–Crippen MR) is 60.8 cm³/mol. The highest BCUT2D eigenvalue weighted by atomic mass is 79.9. The first-order valence-corrected chi connectivity index (χ1v) is 5.01. The molecule has 0 aliphatic carbocycles. The van der Waals surface area contributed by atoms with Crippen molar-refractivity contribution in [3.05, 3.63) is 34.9 Å². The fourth-order valence-electron chi connectivity index (χ4n) is 1.34. The van der Waals surface area contributed by atoms with Gasteiger partial charge in [-0.3, -0.25) is 0 Å². The van der Waals surface area contributed by atoms with Crippen molar-refractivity contribution in [1.82, 2.24) is 9.55 Å².